The van der Waals surface area contributed by atoms with Gasteiger partial charge < -0.3 is 10.6 Å². The SMILES string of the molecule is N#Cc1ccc2c3c(c(NC(=O)c4cc(F)cc(C(F)(F)F)c4)cc2n1)C(c1cc(F)ccc1Cl)NC3=C=O. The second kappa shape index (κ2) is 9.51. The van der Waals surface area contributed by atoms with Gasteiger partial charge in [0, 0.05) is 38.4 Å². The van der Waals surface area contributed by atoms with E-state index in [1.807, 2.05) is 6.07 Å². The molecule has 1 aliphatic heterocycles. The van der Waals surface area contributed by atoms with Crippen molar-refractivity contribution in [3.63, 3.8) is 0 Å². The molecule has 0 bridgehead atoms. The molecule has 6 nitrogen and oxygen atoms in total. The van der Waals surface area contributed by atoms with Crippen molar-refractivity contribution in [2.24, 2.45) is 0 Å². The average Bonchev–Trinajstić information content (AvgIpc) is 3.29. The zero-order valence-electron chi connectivity index (χ0n) is 19.3. The lowest BCUT2D eigenvalue weighted by Gasteiger charge is -2.19. The molecule has 5 rings (SSSR count). The van der Waals surface area contributed by atoms with Crippen LogP contribution in [0.25, 0.3) is 16.6 Å². The van der Waals surface area contributed by atoms with E-state index in [0.717, 1.165) is 12.1 Å². The van der Waals surface area contributed by atoms with E-state index in [1.54, 1.807) is 5.94 Å². The summed E-state index contributed by atoms with van der Waals surface area (Å²) in [5.74, 6) is -1.28. The quantitative estimate of drug-likeness (QED) is 0.233. The highest BCUT2D eigenvalue weighted by Gasteiger charge is 2.36. The first-order valence-corrected chi connectivity index (χ1v) is 11.4. The Bertz CT molecular complexity index is 1790. The number of aromatic nitrogens is 1. The van der Waals surface area contributed by atoms with Gasteiger partial charge >= 0.3 is 6.18 Å². The zero-order chi connectivity index (χ0) is 28.1. The predicted molar refractivity (Wildman–Crippen MR) is 131 cm³/mol. The predicted octanol–water partition coefficient (Wildman–Crippen LogP) is 6.17. The molecule has 0 radical (unpaired) electrons. The largest absolute Gasteiger partial charge is 0.416 e. The van der Waals surface area contributed by atoms with E-state index in [9.17, 15) is 36.8 Å². The summed E-state index contributed by atoms with van der Waals surface area (Å²) in [7, 11) is 0. The Morgan fingerprint density at radius 1 is 1.05 bits per heavy atom. The van der Waals surface area contributed by atoms with Crippen molar-refractivity contribution < 1.29 is 31.5 Å². The normalized spacial score (nSPS) is 14.4. The molecule has 0 saturated heterocycles. The minimum Gasteiger partial charge on any atom is -0.364 e. The molecule has 2 heterocycles. The number of hydrogen-bond acceptors (Lipinski definition) is 5. The Hall–Kier alpha value is -4.78. The number of nitrogens with one attached hydrogen (secondary N) is 2. The maximum atomic E-state index is 14.2. The van der Waals surface area contributed by atoms with Crippen molar-refractivity contribution in [3.05, 3.63) is 105 Å². The Labute approximate surface area is 221 Å². The van der Waals surface area contributed by atoms with Crippen molar-refractivity contribution >= 4 is 45.7 Å². The number of rotatable bonds is 3. The van der Waals surface area contributed by atoms with Gasteiger partial charge in [0.1, 0.15) is 29.1 Å². The standard InChI is InChI=1S/C27H12ClF5N4O2/c28-19-4-1-14(29)8-18(19)25-24-21(37-26(39)12-5-13(27(31,32)33)7-15(30)6-12)9-20-17(3-2-16(10-34)35-20)23(24)22(11-38)36-25/h1-9,25,36H,(H,37,39). The lowest BCUT2D eigenvalue weighted by molar-refractivity contribution is -0.137. The summed E-state index contributed by atoms with van der Waals surface area (Å²) < 4.78 is 67.9. The smallest absolute Gasteiger partial charge is 0.364 e. The third kappa shape index (κ3) is 4.68. The summed E-state index contributed by atoms with van der Waals surface area (Å²) in [6.45, 7) is 0. The molecule has 0 spiro atoms. The molecule has 39 heavy (non-hydrogen) atoms. The second-order valence-corrected chi connectivity index (χ2v) is 8.90. The summed E-state index contributed by atoms with van der Waals surface area (Å²) in [6.07, 6.45) is -4.91. The van der Waals surface area contributed by atoms with Crippen LogP contribution in [-0.4, -0.2) is 16.8 Å². The molecule has 1 aliphatic rings. The molecule has 194 valence electrons. The van der Waals surface area contributed by atoms with Crippen LogP contribution in [0.1, 0.15) is 44.3 Å². The van der Waals surface area contributed by atoms with Gasteiger partial charge in [0.05, 0.1) is 17.1 Å². The van der Waals surface area contributed by atoms with Crippen LogP contribution >= 0.6 is 11.6 Å². The van der Waals surface area contributed by atoms with E-state index < -0.39 is 40.9 Å². The van der Waals surface area contributed by atoms with E-state index in [4.69, 9.17) is 11.6 Å². The maximum absolute atomic E-state index is 14.2. The van der Waals surface area contributed by atoms with Crippen molar-refractivity contribution in [2.45, 2.75) is 12.2 Å². The fraction of sp³-hybridized carbons (Fsp3) is 0.0741. The number of alkyl halides is 3. The molecule has 4 aromatic rings. The van der Waals surface area contributed by atoms with E-state index in [1.165, 1.54) is 24.3 Å². The molecule has 3 aromatic carbocycles. The molecular formula is C27H12ClF5N4O2. The summed E-state index contributed by atoms with van der Waals surface area (Å²) >= 11 is 6.32. The first kappa shape index (κ1) is 25.9. The van der Waals surface area contributed by atoms with Crippen molar-refractivity contribution in [3.8, 4) is 6.07 Å². The fourth-order valence-electron chi connectivity index (χ4n) is 4.44. The molecule has 1 amide bonds. The summed E-state index contributed by atoms with van der Waals surface area (Å²) in [4.78, 5) is 29.3. The third-order valence-corrected chi connectivity index (χ3v) is 6.43. The summed E-state index contributed by atoms with van der Waals surface area (Å²) in [5.41, 5.74) is -1.38. The van der Waals surface area contributed by atoms with Gasteiger partial charge in [-0.2, -0.15) is 18.4 Å². The van der Waals surface area contributed by atoms with Crippen molar-refractivity contribution in [2.75, 3.05) is 5.32 Å². The number of hydrogen-bond donors (Lipinski definition) is 2. The number of fused-ring (bicyclic) bond motifs is 3. The number of benzene rings is 3. The second-order valence-electron chi connectivity index (χ2n) is 8.49. The molecule has 12 heteroatoms. The number of anilines is 1. The van der Waals surface area contributed by atoms with Crippen LogP contribution in [0.5, 0.6) is 0 Å². The fourth-order valence-corrected chi connectivity index (χ4v) is 4.67. The average molecular weight is 555 g/mol. The van der Waals surface area contributed by atoms with Gasteiger partial charge in [0.25, 0.3) is 5.91 Å². The van der Waals surface area contributed by atoms with Crippen LogP contribution in [0.15, 0.2) is 54.6 Å². The molecule has 0 saturated carbocycles. The minimum absolute atomic E-state index is 0.00647. The van der Waals surface area contributed by atoms with E-state index >= 15 is 0 Å². The molecule has 0 fully saturated rings. The maximum Gasteiger partial charge on any atom is 0.416 e. The van der Waals surface area contributed by atoms with E-state index in [0.29, 0.717) is 17.5 Å². The van der Waals surface area contributed by atoms with Gasteiger partial charge in [-0.05, 0) is 54.6 Å². The highest BCUT2D eigenvalue weighted by Crippen LogP contribution is 2.46. The Kier molecular flexibility index (Phi) is 6.30. The first-order valence-electron chi connectivity index (χ1n) is 11.0. The lowest BCUT2D eigenvalue weighted by Crippen LogP contribution is -2.18. The Balaban J connectivity index is 1.74. The number of nitriles is 1. The van der Waals surface area contributed by atoms with Crippen LogP contribution in [-0.2, 0) is 11.0 Å². The van der Waals surface area contributed by atoms with Gasteiger partial charge in [-0.15, -0.1) is 0 Å². The van der Waals surface area contributed by atoms with Gasteiger partial charge in [0.2, 0.25) is 0 Å². The van der Waals surface area contributed by atoms with Crippen LogP contribution in [0.4, 0.5) is 27.6 Å². The lowest BCUT2D eigenvalue weighted by atomic mass is 9.93. The van der Waals surface area contributed by atoms with Crippen molar-refractivity contribution in [1.29, 1.82) is 5.26 Å². The van der Waals surface area contributed by atoms with Crippen LogP contribution < -0.4 is 10.6 Å². The Morgan fingerprint density at radius 3 is 2.51 bits per heavy atom. The number of carbonyl (C=O) groups excluding carboxylic acids is 2. The highest BCUT2D eigenvalue weighted by atomic mass is 35.5. The zero-order valence-corrected chi connectivity index (χ0v) is 20.0. The number of nitrogens with zero attached hydrogens (tertiary/aromatic N) is 2. The molecule has 0 aliphatic carbocycles. The van der Waals surface area contributed by atoms with Gasteiger partial charge in [-0.25, -0.2) is 18.6 Å². The van der Waals surface area contributed by atoms with Gasteiger partial charge in [-0.3, -0.25) is 4.79 Å². The van der Waals surface area contributed by atoms with Gasteiger partial charge in [-0.1, -0.05) is 11.6 Å². The molecule has 2 N–H and O–H groups in total. The molecule has 1 atom stereocenters. The highest BCUT2D eigenvalue weighted by molar-refractivity contribution is 6.31. The van der Waals surface area contributed by atoms with Crippen LogP contribution in [0, 0.1) is 23.0 Å². The summed E-state index contributed by atoms with van der Waals surface area (Å²) in [6, 6.07) is 10.0. The molecule has 1 aromatic heterocycles. The number of halogens is 6. The molecule has 1 unspecified atom stereocenters. The topological polar surface area (TPSA) is 94.9 Å². The van der Waals surface area contributed by atoms with E-state index in [2.05, 4.69) is 15.6 Å². The Morgan fingerprint density at radius 2 is 1.82 bits per heavy atom. The monoisotopic (exact) mass is 554 g/mol. The number of pyridine rings is 1. The van der Waals surface area contributed by atoms with Crippen LogP contribution in [0.3, 0.4) is 0 Å². The van der Waals surface area contributed by atoms with Crippen molar-refractivity contribution in [1.82, 2.24) is 10.3 Å². The first-order chi connectivity index (χ1) is 18.5. The van der Waals surface area contributed by atoms with E-state index in [-0.39, 0.29) is 50.4 Å². The van der Waals surface area contributed by atoms with Gasteiger partial charge in [0.15, 0.2) is 5.94 Å². The molecular weight excluding hydrogens is 543 g/mol. The third-order valence-electron chi connectivity index (χ3n) is 6.08. The summed E-state index contributed by atoms with van der Waals surface area (Å²) in [5, 5.41) is 15.1. The number of amides is 1. The minimum atomic E-state index is -4.91. The van der Waals surface area contributed by atoms with Crippen LogP contribution in [0.2, 0.25) is 5.02 Å². The number of carbonyl (C=O) groups is 1.